The van der Waals surface area contributed by atoms with Gasteiger partial charge in [-0.1, -0.05) is 37.3 Å². The number of terminal acetylenes is 1. The SMILES string of the molecule is C#CN(C(=O)C(CCC(N)=O)NC(=O)OC(C)(C)C)C(C(=O)NCC(=O)OC)c1cccc(C=C)c1. The van der Waals surface area contributed by atoms with E-state index in [0.717, 1.165) is 12.0 Å². The lowest BCUT2D eigenvalue weighted by molar-refractivity contribution is -0.142. The number of nitrogens with one attached hydrogen (secondary N) is 2. The zero-order valence-corrected chi connectivity index (χ0v) is 20.8. The molecule has 4 amide bonds. The van der Waals surface area contributed by atoms with Crippen molar-refractivity contribution in [2.24, 2.45) is 5.73 Å². The lowest BCUT2D eigenvalue weighted by Gasteiger charge is -2.30. The maximum atomic E-state index is 13.5. The van der Waals surface area contributed by atoms with Gasteiger partial charge in [0.05, 0.1) is 7.11 Å². The van der Waals surface area contributed by atoms with Crippen LogP contribution in [0.1, 0.15) is 50.8 Å². The molecule has 0 radical (unpaired) electrons. The summed E-state index contributed by atoms with van der Waals surface area (Å²) in [4.78, 5) is 62.8. The molecule has 2 atom stereocenters. The highest BCUT2D eigenvalue weighted by molar-refractivity contribution is 5.94. The predicted octanol–water partition coefficient (Wildman–Crippen LogP) is 1.24. The number of hydrogen-bond acceptors (Lipinski definition) is 7. The molecule has 1 rings (SSSR count). The van der Waals surface area contributed by atoms with Gasteiger partial charge in [-0.25, -0.2) is 4.79 Å². The summed E-state index contributed by atoms with van der Waals surface area (Å²) in [6.45, 7) is 8.12. The number of nitrogens with zero attached hydrogens (tertiary/aromatic N) is 1. The number of carbonyl (C=O) groups is 5. The summed E-state index contributed by atoms with van der Waals surface area (Å²) < 4.78 is 9.75. The van der Waals surface area contributed by atoms with Crippen molar-refractivity contribution < 1.29 is 33.4 Å². The second kappa shape index (κ2) is 13.5. The van der Waals surface area contributed by atoms with Gasteiger partial charge in [0.1, 0.15) is 24.2 Å². The first-order chi connectivity index (χ1) is 16.8. The zero-order valence-electron chi connectivity index (χ0n) is 20.8. The highest BCUT2D eigenvalue weighted by atomic mass is 16.6. The molecule has 1 aromatic rings. The number of nitrogens with two attached hydrogens (primary N) is 1. The van der Waals surface area contributed by atoms with Gasteiger partial charge in [0.15, 0.2) is 0 Å². The van der Waals surface area contributed by atoms with Crippen molar-refractivity contribution in [3.05, 3.63) is 42.0 Å². The number of primary amides is 1. The van der Waals surface area contributed by atoms with Crippen molar-refractivity contribution in [2.45, 2.75) is 51.3 Å². The number of ether oxygens (including phenoxy) is 2. The predicted molar refractivity (Wildman–Crippen MR) is 132 cm³/mol. The Morgan fingerprint density at radius 3 is 2.44 bits per heavy atom. The quantitative estimate of drug-likeness (QED) is 0.234. The summed E-state index contributed by atoms with van der Waals surface area (Å²) in [7, 11) is 1.16. The first-order valence-corrected chi connectivity index (χ1v) is 11.0. The van der Waals surface area contributed by atoms with Crippen molar-refractivity contribution in [2.75, 3.05) is 13.7 Å². The van der Waals surface area contributed by atoms with E-state index in [1.807, 2.05) is 0 Å². The number of alkyl carbamates (subject to hydrolysis) is 1. The van der Waals surface area contributed by atoms with E-state index in [-0.39, 0.29) is 12.8 Å². The molecule has 36 heavy (non-hydrogen) atoms. The van der Waals surface area contributed by atoms with E-state index >= 15 is 0 Å². The van der Waals surface area contributed by atoms with Crippen LogP contribution >= 0.6 is 0 Å². The van der Waals surface area contributed by atoms with Crippen LogP contribution in [0.3, 0.4) is 0 Å². The third kappa shape index (κ3) is 9.50. The van der Waals surface area contributed by atoms with Gasteiger partial charge in [0.2, 0.25) is 11.8 Å². The van der Waals surface area contributed by atoms with Gasteiger partial charge in [0, 0.05) is 12.5 Å². The van der Waals surface area contributed by atoms with Crippen LogP contribution in [0.25, 0.3) is 6.08 Å². The second-order valence-corrected chi connectivity index (χ2v) is 8.61. The van der Waals surface area contributed by atoms with Crippen LogP contribution in [-0.2, 0) is 28.7 Å². The fourth-order valence-corrected chi connectivity index (χ4v) is 3.03. The standard InChI is InChI=1S/C25H32N4O7/c1-7-16-10-9-11-17(14-16)21(22(32)27-15-20(31)35-6)29(8-2)23(33)18(12-13-19(26)30)28-24(34)36-25(3,4)5/h2,7,9-11,14,18,21H,1,12-13,15H2,3-6H3,(H2,26,30)(H,27,32)(H,28,34). The third-order valence-electron chi connectivity index (χ3n) is 4.65. The molecule has 0 spiro atoms. The molecule has 1 aromatic carbocycles. The average Bonchev–Trinajstić information content (AvgIpc) is 2.81. The zero-order chi connectivity index (χ0) is 27.5. The molecule has 0 aliphatic carbocycles. The topological polar surface area (TPSA) is 157 Å². The van der Waals surface area contributed by atoms with E-state index in [1.165, 1.54) is 6.08 Å². The molecule has 11 nitrogen and oxygen atoms in total. The Hall–Kier alpha value is -4.33. The lowest BCUT2D eigenvalue weighted by atomic mass is 10.00. The van der Waals surface area contributed by atoms with E-state index in [1.54, 1.807) is 45.0 Å². The first kappa shape index (κ1) is 29.7. The summed E-state index contributed by atoms with van der Waals surface area (Å²) in [6.07, 6.45) is 5.81. The number of carbonyl (C=O) groups excluding carboxylic acids is 5. The van der Waals surface area contributed by atoms with E-state index in [4.69, 9.17) is 16.9 Å². The molecule has 4 N–H and O–H groups in total. The molecule has 0 fully saturated rings. The molecule has 0 aliphatic heterocycles. The minimum Gasteiger partial charge on any atom is -0.468 e. The molecule has 0 aliphatic rings. The fourth-order valence-electron chi connectivity index (χ4n) is 3.03. The number of hydrogen-bond donors (Lipinski definition) is 3. The van der Waals surface area contributed by atoms with Crippen molar-refractivity contribution in [1.82, 2.24) is 15.5 Å². The molecular weight excluding hydrogens is 468 g/mol. The first-order valence-electron chi connectivity index (χ1n) is 11.0. The number of rotatable bonds is 11. The summed E-state index contributed by atoms with van der Waals surface area (Å²) in [5.41, 5.74) is 5.31. The number of methoxy groups -OCH3 is 1. The van der Waals surface area contributed by atoms with Crippen LogP contribution in [0, 0.1) is 12.5 Å². The van der Waals surface area contributed by atoms with Crippen molar-refractivity contribution in [3.63, 3.8) is 0 Å². The van der Waals surface area contributed by atoms with Crippen molar-refractivity contribution >= 4 is 35.9 Å². The smallest absolute Gasteiger partial charge is 0.408 e. The Morgan fingerprint density at radius 1 is 1.25 bits per heavy atom. The Kier molecular flexibility index (Phi) is 11.2. The molecule has 194 valence electrons. The maximum Gasteiger partial charge on any atom is 0.408 e. The molecule has 0 saturated heterocycles. The van der Waals surface area contributed by atoms with Gasteiger partial charge in [-0.3, -0.25) is 24.1 Å². The lowest BCUT2D eigenvalue weighted by Crippen LogP contribution is -2.52. The molecule has 11 heteroatoms. The second-order valence-electron chi connectivity index (χ2n) is 8.61. The molecule has 0 aromatic heterocycles. The normalized spacial score (nSPS) is 12.2. The van der Waals surface area contributed by atoms with Gasteiger partial charge in [-0.2, -0.15) is 0 Å². The summed E-state index contributed by atoms with van der Waals surface area (Å²) in [5.74, 6) is -3.07. The van der Waals surface area contributed by atoms with E-state index in [0.29, 0.717) is 11.1 Å². The highest BCUT2D eigenvalue weighted by Gasteiger charge is 2.36. The van der Waals surface area contributed by atoms with Crippen molar-refractivity contribution in [3.8, 4) is 12.5 Å². The largest absolute Gasteiger partial charge is 0.468 e. The van der Waals surface area contributed by atoms with Crippen LogP contribution in [0.2, 0.25) is 0 Å². The Labute approximate surface area is 210 Å². The van der Waals surface area contributed by atoms with Gasteiger partial charge in [0.25, 0.3) is 5.91 Å². The maximum absolute atomic E-state index is 13.5. The number of esters is 1. The Bertz CT molecular complexity index is 1040. The van der Waals surface area contributed by atoms with Crippen LogP contribution in [0.15, 0.2) is 30.8 Å². The highest BCUT2D eigenvalue weighted by Crippen LogP contribution is 2.24. The van der Waals surface area contributed by atoms with Gasteiger partial charge in [-0.15, -0.1) is 0 Å². The van der Waals surface area contributed by atoms with Crippen LogP contribution < -0.4 is 16.4 Å². The van der Waals surface area contributed by atoms with Gasteiger partial charge in [-0.05, 0) is 44.4 Å². The minimum absolute atomic E-state index is 0.200. The monoisotopic (exact) mass is 500 g/mol. The Morgan fingerprint density at radius 2 is 1.92 bits per heavy atom. The molecule has 2 unspecified atom stereocenters. The van der Waals surface area contributed by atoms with Crippen LogP contribution in [-0.4, -0.2) is 60.0 Å². The van der Waals surface area contributed by atoms with Crippen LogP contribution in [0.4, 0.5) is 4.79 Å². The average molecular weight is 501 g/mol. The van der Waals surface area contributed by atoms with Crippen LogP contribution in [0.5, 0.6) is 0 Å². The summed E-state index contributed by atoms with van der Waals surface area (Å²) >= 11 is 0. The Balaban J connectivity index is 3.42. The molecule has 0 heterocycles. The summed E-state index contributed by atoms with van der Waals surface area (Å²) in [6, 6.07) is 5.95. The number of benzene rings is 1. The van der Waals surface area contributed by atoms with E-state index in [2.05, 4.69) is 28.0 Å². The molecule has 0 saturated carbocycles. The minimum atomic E-state index is -1.40. The molecular formula is C25H32N4O7. The van der Waals surface area contributed by atoms with E-state index < -0.39 is 54.0 Å². The molecule has 0 bridgehead atoms. The fraction of sp³-hybridized carbons (Fsp3) is 0.400. The van der Waals surface area contributed by atoms with Gasteiger partial charge >= 0.3 is 12.1 Å². The summed E-state index contributed by atoms with van der Waals surface area (Å²) in [5, 5.41) is 4.78. The third-order valence-corrected chi connectivity index (χ3v) is 4.65. The number of amides is 4. The van der Waals surface area contributed by atoms with Gasteiger partial charge < -0.3 is 25.8 Å². The van der Waals surface area contributed by atoms with Crippen molar-refractivity contribution in [1.29, 1.82) is 0 Å². The van der Waals surface area contributed by atoms with E-state index in [9.17, 15) is 24.0 Å².